The highest BCUT2D eigenvalue weighted by atomic mass is 16.6. The van der Waals surface area contributed by atoms with E-state index in [0.29, 0.717) is 6.61 Å². The molecule has 0 aromatic rings. The van der Waals surface area contributed by atoms with E-state index < -0.39 is 24.4 Å². The van der Waals surface area contributed by atoms with Crippen molar-refractivity contribution >= 4 is 0 Å². The SMILES string of the molecule is CCCCCCCCC/C=C/CCCO[C@H]1[C@H](O)[C@@H](O)CO[C@@H]1CO. The largest absolute Gasteiger partial charge is 0.394 e. The van der Waals surface area contributed by atoms with Crippen LogP contribution in [0, 0.1) is 0 Å². The fourth-order valence-corrected chi connectivity index (χ4v) is 3.09. The summed E-state index contributed by atoms with van der Waals surface area (Å²) in [6, 6.07) is 0. The molecule has 0 aromatic carbocycles. The van der Waals surface area contributed by atoms with E-state index in [1.165, 1.54) is 44.9 Å². The summed E-state index contributed by atoms with van der Waals surface area (Å²) >= 11 is 0. The molecule has 0 aromatic heterocycles. The zero-order valence-corrected chi connectivity index (χ0v) is 15.8. The first kappa shape index (κ1) is 22.6. The van der Waals surface area contributed by atoms with Gasteiger partial charge in [0.25, 0.3) is 0 Å². The minimum absolute atomic E-state index is 0.0353. The summed E-state index contributed by atoms with van der Waals surface area (Å²) in [7, 11) is 0. The minimum atomic E-state index is -1.00. The molecular formula is C20H38O5. The van der Waals surface area contributed by atoms with Crippen molar-refractivity contribution in [1.82, 2.24) is 0 Å². The Morgan fingerprint density at radius 1 is 0.960 bits per heavy atom. The van der Waals surface area contributed by atoms with Crippen LogP contribution in [0.25, 0.3) is 0 Å². The highest BCUT2D eigenvalue weighted by Gasteiger charge is 2.39. The van der Waals surface area contributed by atoms with Crippen LogP contribution >= 0.6 is 0 Å². The molecule has 1 heterocycles. The van der Waals surface area contributed by atoms with Gasteiger partial charge in [-0.15, -0.1) is 0 Å². The number of aliphatic hydroxyl groups excluding tert-OH is 3. The Morgan fingerprint density at radius 2 is 1.60 bits per heavy atom. The Morgan fingerprint density at radius 3 is 2.28 bits per heavy atom. The molecule has 1 rings (SSSR count). The normalized spacial score (nSPS) is 27.2. The summed E-state index contributed by atoms with van der Waals surface area (Å²) < 4.78 is 10.9. The predicted octanol–water partition coefficient (Wildman–Crippen LogP) is 2.96. The second-order valence-electron chi connectivity index (χ2n) is 6.97. The van der Waals surface area contributed by atoms with E-state index in [1.807, 2.05) is 0 Å². The first-order chi connectivity index (χ1) is 12.2. The third-order valence-electron chi connectivity index (χ3n) is 4.72. The van der Waals surface area contributed by atoms with Gasteiger partial charge in [0.05, 0.1) is 13.2 Å². The molecule has 0 unspecified atom stereocenters. The molecule has 5 heteroatoms. The van der Waals surface area contributed by atoms with Crippen molar-refractivity contribution in [2.75, 3.05) is 19.8 Å². The zero-order chi connectivity index (χ0) is 18.3. The molecule has 0 spiro atoms. The van der Waals surface area contributed by atoms with Crippen molar-refractivity contribution in [2.24, 2.45) is 0 Å². The molecule has 4 atom stereocenters. The lowest BCUT2D eigenvalue weighted by molar-refractivity contribution is -0.211. The number of allylic oxidation sites excluding steroid dienone is 2. The molecule has 0 bridgehead atoms. The van der Waals surface area contributed by atoms with Gasteiger partial charge in [-0.2, -0.15) is 0 Å². The highest BCUT2D eigenvalue weighted by Crippen LogP contribution is 2.19. The van der Waals surface area contributed by atoms with E-state index in [1.54, 1.807) is 0 Å². The summed E-state index contributed by atoms with van der Waals surface area (Å²) in [5.41, 5.74) is 0. The van der Waals surface area contributed by atoms with E-state index >= 15 is 0 Å². The lowest BCUT2D eigenvalue weighted by Crippen LogP contribution is -2.55. The maximum Gasteiger partial charge on any atom is 0.114 e. The summed E-state index contributed by atoms with van der Waals surface area (Å²) in [6.45, 7) is 2.55. The first-order valence-electron chi connectivity index (χ1n) is 10.1. The predicted molar refractivity (Wildman–Crippen MR) is 99.6 cm³/mol. The maximum atomic E-state index is 9.95. The van der Waals surface area contributed by atoms with Crippen molar-refractivity contribution < 1.29 is 24.8 Å². The third kappa shape index (κ3) is 9.71. The molecule has 5 nitrogen and oxygen atoms in total. The second-order valence-corrected chi connectivity index (χ2v) is 6.97. The van der Waals surface area contributed by atoms with Gasteiger partial charge < -0.3 is 24.8 Å². The molecule has 3 N–H and O–H groups in total. The van der Waals surface area contributed by atoms with Crippen LogP contribution < -0.4 is 0 Å². The Bertz CT molecular complexity index is 332. The molecule has 1 aliphatic heterocycles. The number of hydrogen-bond donors (Lipinski definition) is 3. The molecule has 0 aliphatic carbocycles. The van der Waals surface area contributed by atoms with Crippen LogP contribution in [0.15, 0.2) is 12.2 Å². The monoisotopic (exact) mass is 358 g/mol. The molecule has 148 valence electrons. The summed E-state index contributed by atoms with van der Waals surface area (Å²) in [4.78, 5) is 0. The van der Waals surface area contributed by atoms with E-state index in [4.69, 9.17) is 9.47 Å². The van der Waals surface area contributed by atoms with Crippen molar-refractivity contribution in [2.45, 2.75) is 95.5 Å². The summed E-state index contributed by atoms with van der Waals surface area (Å²) in [5.74, 6) is 0. The Labute approximate surface area is 153 Å². The van der Waals surface area contributed by atoms with Gasteiger partial charge in [-0.3, -0.25) is 0 Å². The average Bonchev–Trinajstić information content (AvgIpc) is 2.62. The number of rotatable bonds is 14. The average molecular weight is 359 g/mol. The van der Waals surface area contributed by atoms with Gasteiger partial charge in [-0.25, -0.2) is 0 Å². The van der Waals surface area contributed by atoms with E-state index in [-0.39, 0.29) is 13.2 Å². The third-order valence-corrected chi connectivity index (χ3v) is 4.72. The standard InChI is InChI=1S/C20H38O5/c1-2-3-4-5-6-7-8-9-10-11-12-13-14-24-20-18(15-21)25-16-17(22)19(20)23/h10-11,17-23H,2-9,12-16H2,1H3/b11-10+/t17-,18+,19+,20+/m0/s1. The molecule has 1 fully saturated rings. The van der Waals surface area contributed by atoms with Crippen LogP contribution in [-0.4, -0.2) is 59.6 Å². The Hall–Kier alpha value is -0.460. The van der Waals surface area contributed by atoms with Gasteiger partial charge in [0.2, 0.25) is 0 Å². The quantitative estimate of drug-likeness (QED) is 0.329. The van der Waals surface area contributed by atoms with Gasteiger partial charge in [0.1, 0.15) is 24.4 Å². The fourth-order valence-electron chi connectivity index (χ4n) is 3.09. The topological polar surface area (TPSA) is 79.2 Å². The highest BCUT2D eigenvalue weighted by molar-refractivity contribution is 4.88. The van der Waals surface area contributed by atoms with Crippen molar-refractivity contribution in [1.29, 1.82) is 0 Å². The van der Waals surface area contributed by atoms with Crippen molar-refractivity contribution in [3.63, 3.8) is 0 Å². The maximum absolute atomic E-state index is 9.95. The Kier molecular flexibility index (Phi) is 13.3. The smallest absolute Gasteiger partial charge is 0.114 e. The van der Waals surface area contributed by atoms with E-state index in [2.05, 4.69) is 19.1 Å². The van der Waals surface area contributed by atoms with Crippen LogP contribution in [-0.2, 0) is 9.47 Å². The van der Waals surface area contributed by atoms with Gasteiger partial charge in [0.15, 0.2) is 0 Å². The van der Waals surface area contributed by atoms with Crippen LogP contribution in [0.4, 0.5) is 0 Å². The number of aliphatic hydroxyl groups is 3. The minimum Gasteiger partial charge on any atom is -0.394 e. The molecule has 0 amide bonds. The van der Waals surface area contributed by atoms with Crippen LogP contribution in [0.1, 0.15) is 71.1 Å². The van der Waals surface area contributed by atoms with Crippen LogP contribution in [0.3, 0.4) is 0 Å². The molecule has 0 radical (unpaired) electrons. The second kappa shape index (κ2) is 14.7. The van der Waals surface area contributed by atoms with Gasteiger partial charge in [-0.05, 0) is 25.7 Å². The van der Waals surface area contributed by atoms with Crippen LogP contribution in [0.5, 0.6) is 0 Å². The number of hydrogen-bond acceptors (Lipinski definition) is 5. The molecule has 1 aliphatic rings. The Balaban J connectivity index is 2.00. The van der Waals surface area contributed by atoms with Crippen molar-refractivity contribution in [3.05, 3.63) is 12.2 Å². The van der Waals surface area contributed by atoms with Gasteiger partial charge >= 0.3 is 0 Å². The van der Waals surface area contributed by atoms with E-state index in [0.717, 1.165) is 19.3 Å². The zero-order valence-electron chi connectivity index (χ0n) is 15.8. The van der Waals surface area contributed by atoms with Gasteiger partial charge in [-0.1, -0.05) is 57.6 Å². The molecule has 1 saturated heterocycles. The molecule has 0 saturated carbocycles. The number of ether oxygens (including phenoxy) is 2. The molecule has 25 heavy (non-hydrogen) atoms. The van der Waals surface area contributed by atoms with Crippen LogP contribution in [0.2, 0.25) is 0 Å². The lowest BCUT2D eigenvalue weighted by Gasteiger charge is -2.37. The van der Waals surface area contributed by atoms with Gasteiger partial charge in [0, 0.05) is 6.61 Å². The van der Waals surface area contributed by atoms with E-state index in [9.17, 15) is 15.3 Å². The summed E-state index contributed by atoms with van der Waals surface area (Å²) in [5, 5.41) is 28.8. The summed E-state index contributed by atoms with van der Waals surface area (Å²) in [6.07, 6.45) is 13.5. The molecular weight excluding hydrogens is 320 g/mol. The number of unbranched alkanes of at least 4 members (excludes halogenated alkanes) is 8. The fraction of sp³-hybridized carbons (Fsp3) is 0.900. The first-order valence-corrected chi connectivity index (χ1v) is 10.1. The van der Waals surface area contributed by atoms with Crippen molar-refractivity contribution in [3.8, 4) is 0 Å². The lowest BCUT2D eigenvalue weighted by atomic mass is 10.0.